The van der Waals surface area contributed by atoms with Gasteiger partial charge in [-0.1, -0.05) is 0 Å². The van der Waals surface area contributed by atoms with Crippen LogP contribution in [0.15, 0.2) is 36.7 Å². The molecule has 2 heterocycles. The van der Waals surface area contributed by atoms with E-state index in [0.29, 0.717) is 42.3 Å². The Kier molecular flexibility index (Phi) is 4.64. The van der Waals surface area contributed by atoms with Crippen LogP contribution in [0.1, 0.15) is 21.5 Å². The lowest BCUT2D eigenvalue weighted by atomic mass is 9.98. The van der Waals surface area contributed by atoms with E-state index < -0.39 is 5.82 Å². The summed E-state index contributed by atoms with van der Waals surface area (Å²) in [6.45, 7) is 0.953. The summed E-state index contributed by atoms with van der Waals surface area (Å²) < 4.78 is 25.8. The third kappa shape index (κ3) is 3.15. The van der Waals surface area contributed by atoms with Gasteiger partial charge in [-0.3, -0.25) is 4.79 Å². The summed E-state index contributed by atoms with van der Waals surface area (Å²) in [5.41, 5.74) is 2.73. The highest BCUT2D eigenvalue weighted by molar-refractivity contribution is 5.97. The number of fused-ring (bicyclic) bond motifs is 1. The first-order chi connectivity index (χ1) is 13.6. The highest BCUT2D eigenvalue weighted by Gasteiger charge is 2.26. The van der Waals surface area contributed by atoms with E-state index in [0.717, 1.165) is 11.1 Å². The molecule has 0 atom stereocenters. The lowest BCUT2D eigenvalue weighted by Gasteiger charge is -2.30. The van der Waals surface area contributed by atoms with Crippen molar-refractivity contribution in [1.82, 2.24) is 25.1 Å². The van der Waals surface area contributed by atoms with Crippen molar-refractivity contribution in [1.29, 1.82) is 0 Å². The topological polar surface area (TPSA) is 82.4 Å². The van der Waals surface area contributed by atoms with E-state index >= 15 is 0 Å². The molecule has 1 aliphatic heterocycles. The molecule has 1 aromatic heterocycles. The Hall–Kier alpha value is -3.49. The Morgan fingerprint density at radius 1 is 1.11 bits per heavy atom. The highest BCUT2D eigenvalue weighted by Crippen LogP contribution is 2.33. The Balaban J connectivity index is 1.66. The fraction of sp³-hybridized carbons (Fsp3) is 0.263. The molecule has 0 radical (unpaired) electrons. The number of carbonyl (C=O) groups is 1. The molecule has 0 fully saturated rings. The number of rotatable bonds is 4. The number of ether oxygens (including phenoxy) is 2. The number of tetrazole rings is 1. The van der Waals surface area contributed by atoms with Gasteiger partial charge in [0, 0.05) is 19.2 Å². The number of hydrogen-bond acceptors (Lipinski definition) is 6. The van der Waals surface area contributed by atoms with Crippen LogP contribution in [-0.4, -0.2) is 51.8 Å². The van der Waals surface area contributed by atoms with Gasteiger partial charge in [-0.25, -0.2) is 4.39 Å². The number of methoxy groups -OCH3 is 2. The van der Waals surface area contributed by atoms with Crippen molar-refractivity contribution in [3.05, 3.63) is 59.2 Å². The molecule has 0 aliphatic carbocycles. The van der Waals surface area contributed by atoms with E-state index in [1.807, 2.05) is 12.1 Å². The molecule has 0 unspecified atom stereocenters. The smallest absolute Gasteiger partial charge is 0.256 e. The summed E-state index contributed by atoms with van der Waals surface area (Å²) in [4.78, 5) is 14.9. The zero-order valence-corrected chi connectivity index (χ0v) is 15.4. The third-order valence-electron chi connectivity index (χ3n) is 4.79. The summed E-state index contributed by atoms with van der Waals surface area (Å²) in [6, 6.07) is 7.79. The molecule has 1 amide bonds. The van der Waals surface area contributed by atoms with Crippen molar-refractivity contribution in [2.75, 3.05) is 20.8 Å². The minimum atomic E-state index is -0.470. The molecule has 28 heavy (non-hydrogen) atoms. The largest absolute Gasteiger partial charge is 0.493 e. The zero-order valence-electron chi connectivity index (χ0n) is 15.4. The van der Waals surface area contributed by atoms with E-state index in [2.05, 4.69) is 15.5 Å². The predicted molar refractivity (Wildman–Crippen MR) is 97.1 cm³/mol. The maximum atomic E-state index is 13.8. The second-order valence-corrected chi connectivity index (χ2v) is 6.37. The van der Waals surface area contributed by atoms with E-state index in [9.17, 15) is 9.18 Å². The number of benzene rings is 2. The summed E-state index contributed by atoms with van der Waals surface area (Å²) in [6.07, 6.45) is 2.01. The van der Waals surface area contributed by atoms with Gasteiger partial charge in [-0.05, 0) is 52.2 Å². The van der Waals surface area contributed by atoms with Crippen molar-refractivity contribution in [2.45, 2.75) is 13.0 Å². The Morgan fingerprint density at radius 3 is 2.54 bits per heavy atom. The zero-order chi connectivity index (χ0) is 19.7. The summed E-state index contributed by atoms with van der Waals surface area (Å²) in [7, 11) is 3.17. The molecule has 1 aliphatic rings. The maximum Gasteiger partial charge on any atom is 0.256 e. The quantitative estimate of drug-likeness (QED) is 0.686. The molecule has 4 rings (SSSR count). The van der Waals surface area contributed by atoms with Crippen molar-refractivity contribution in [3.8, 4) is 17.2 Å². The van der Waals surface area contributed by atoms with Gasteiger partial charge >= 0.3 is 0 Å². The van der Waals surface area contributed by atoms with Crippen LogP contribution < -0.4 is 9.47 Å². The van der Waals surface area contributed by atoms with Gasteiger partial charge in [0.2, 0.25) is 0 Å². The van der Waals surface area contributed by atoms with Gasteiger partial charge in [0.05, 0.1) is 25.5 Å². The van der Waals surface area contributed by atoms with Crippen LogP contribution in [0.25, 0.3) is 5.69 Å². The van der Waals surface area contributed by atoms with Crippen molar-refractivity contribution in [2.24, 2.45) is 0 Å². The van der Waals surface area contributed by atoms with Crippen LogP contribution in [0.5, 0.6) is 11.5 Å². The molecular weight excluding hydrogens is 365 g/mol. The predicted octanol–water partition coefficient (Wildman–Crippen LogP) is 2.02. The lowest BCUT2D eigenvalue weighted by Crippen LogP contribution is -2.36. The van der Waals surface area contributed by atoms with E-state index in [1.165, 1.54) is 29.2 Å². The molecule has 8 nitrogen and oxygen atoms in total. The van der Waals surface area contributed by atoms with Gasteiger partial charge in [0.1, 0.15) is 12.1 Å². The van der Waals surface area contributed by atoms with Crippen LogP contribution in [0.3, 0.4) is 0 Å². The van der Waals surface area contributed by atoms with E-state index in [-0.39, 0.29) is 5.91 Å². The Labute approximate surface area is 160 Å². The normalized spacial score (nSPS) is 13.2. The first kappa shape index (κ1) is 17.9. The van der Waals surface area contributed by atoms with Crippen molar-refractivity contribution < 1.29 is 18.7 Å². The monoisotopic (exact) mass is 383 g/mol. The van der Waals surface area contributed by atoms with E-state index in [1.54, 1.807) is 19.1 Å². The average molecular weight is 383 g/mol. The number of hydrogen-bond donors (Lipinski definition) is 0. The molecule has 0 N–H and O–H groups in total. The fourth-order valence-corrected chi connectivity index (χ4v) is 3.37. The first-order valence-corrected chi connectivity index (χ1v) is 8.66. The highest BCUT2D eigenvalue weighted by atomic mass is 19.1. The van der Waals surface area contributed by atoms with Crippen LogP contribution in [0.4, 0.5) is 4.39 Å². The third-order valence-corrected chi connectivity index (χ3v) is 4.79. The van der Waals surface area contributed by atoms with Crippen LogP contribution in [-0.2, 0) is 13.0 Å². The van der Waals surface area contributed by atoms with Crippen molar-refractivity contribution >= 4 is 5.91 Å². The molecule has 144 valence electrons. The first-order valence-electron chi connectivity index (χ1n) is 8.66. The Bertz CT molecular complexity index is 1020. The van der Waals surface area contributed by atoms with Gasteiger partial charge in [-0.15, -0.1) is 5.10 Å². The second-order valence-electron chi connectivity index (χ2n) is 6.37. The molecule has 2 aromatic carbocycles. The number of nitrogens with zero attached hydrogens (tertiary/aromatic N) is 5. The Morgan fingerprint density at radius 2 is 1.86 bits per heavy atom. The van der Waals surface area contributed by atoms with Gasteiger partial charge < -0.3 is 14.4 Å². The summed E-state index contributed by atoms with van der Waals surface area (Å²) >= 11 is 0. The molecule has 0 bridgehead atoms. The molecule has 0 spiro atoms. The summed E-state index contributed by atoms with van der Waals surface area (Å²) in [5, 5.41) is 10.9. The number of aromatic nitrogens is 4. The van der Waals surface area contributed by atoms with Gasteiger partial charge in [0.25, 0.3) is 5.91 Å². The minimum absolute atomic E-state index is 0.217. The molecule has 0 saturated carbocycles. The van der Waals surface area contributed by atoms with Crippen LogP contribution in [0, 0.1) is 5.82 Å². The number of amides is 1. The van der Waals surface area contributed by atoms with Gasteiger partial charge in [-0.2, -0.15) is 4.68 Å². The van der Waals surface area contributed by atoms with E-state index in [4.69, 9.17) is 9.47 Å². The lowest BCUT2D eigenvalue weighted by molar-refractivity contribution is 0.0734. The molecule has 9 heteroatoms. The standard InChI is InChI=1S/C19H18FN5O3/c1-27-17-7-12-5-6-24(10-13(12)8-18(17)28-2)19(26)15-4-3-14(20)9-16(15)25-11-21-22-23-25/h3-4,7-9,11H,5-6,10H2,1-2H3. The SMILES string of the molecule is COc1cc2c(cc1OC)CN(C(=O)c1ccc(F)cc1-n1cnnn1)CC2. The van der Waals surface area contributed by atoms with Crippen LogP contribution in [0.2, 0.25) is 0 Å². The summed E-state index contributed by atoms with van der Waals surface area (Å²) in [5.74, 6) is 0.598. The van der Waals surface area contributed by atoms with Crippen molar-refractivity contribution in [3.63, 3.8) is 0 Å². The molecule has 3 aromatic rings. The average Bonchev–Trinajstić information content (AvgIpc) is 3.26. The maximum absolute atomic E-state index is 13.8. The fourth-order valence-electron chi connectivity index (χ4n) is 3.37. The second kappa shape index (κ2) is 7.26. The van der Waals surface area contributed by atoms with Crippen LogP contribution >= 0.6 is 0 Å². The molecular formula is C19H18FN5O3. The number of halogens is 1. The molecule has 0 saturated heterocycles. The minimum Gasteiger partial charge on any atom is -0.493 e. The number of carbonyl (C=O) groups excluding carboxylic acids is 1. The van der Waals surface area contributed by atoms with Gasteiger partial charge in [0.15, 0.2) is 11.5 Å².